The minimum Gasteiger partial charge on any atom is -0.481 e. The molecule has 1 aromatic rings. The minimum absolute atomic E-state index is 0.0416. The number of halogens is 1. The van der Waals surface area contributed by atoms with E-state index < -0.39 is 27.3 Å². The van der Waals surface area contributed by atoms with Gasteiger partial charge in [0.2, 0.25) is 15.9 Å². The maximum absolute atomic E-state index is 12.2. The number of nitrogens with two attached hydrogens (primary N) is 1. The highest BCUT2D eigenvalue weighted by molar-refractivity contribution is 9.10. The molecule has 0 saturated carbocycles. The predicted octanol–water partition coefficient (Wildman–Crippen LogP) is 1.33. The Morgan fingerprint density at radius 2 is 1.91 bits per heavy atom. The van der Waals surface area contributed by atoms with Gasteiger partial charge < -0.3 is 10.8 Å². The molecule has 7 nitrogen and oxygen atoms in total. The molecule has 0 aromatic heterocycles. The molecular weight excluding hydrogens is 376 g/mol. The van der Waals surface area contributed by atoms with E-state index in [1.54, 1.807) is 0 Å². The molecule has 9 heteroatoms. The van der Waals surface area contributed by atoms with E-state index in [0.717, 1.165) is 6.07 Å². The summed E-state index contributed by atoms with van der Waals surface area (Å²) in [5.74, 6) is -1.75. The molecule has 0 bridgehead atoms. The summed E-state index contributed by atoms with van der Waals surface area (Å²) in [4.78, 5) is 22.0. The van der Waals surface area contributed by atoms with Crippen molar-refractivity contribution in [3.63, 3.8) is 0 Å². The molecule has 0 aliphatic carbocycles. The molecule has 1 aromatic carbocycles. The molecule has 0 saturated heterocycles. The summed E-state index contributed by atoms with van der Waals surface area (Å²) in [6, 6.07) is 3.91. The van der Waals surface area contributed by atoms with Crippen molar-refractivity contribution in [2.75, 3.05) is 6.54 Å². The largest absolute Gasteiger partial charge is 0.481 e. The van der Waals surface area contributed by atoms with Crippen LogP contribution in [-0.2, 0) is 14.8 Å². The molecule has 0 aliphatic heterocycles. The predicted molar refractivity (Wildman–Crippen MR) is 83.9 cm³/mol. The number of sulfonamides is 1. The molecule has 0 heterocycles. The Morgan fingerprint density at radius 1 is 1.32 bits per heavy atom. The third-order valence-corrected chi connectivity index (χ3v) is 4.99. The number of carboxylic acid groups (broad SMARTS) is 1. The van der Waals surface area contributed by atoms with E-state index in [4.69, 9.17) is 10.8 Å². The van der Waals surface area contributed by atoms with Crippen LogP contribution >= 0.6 is 15.9 Å². The summed E-state index contributed by atoms with van der Waals surface area (Å²) >= 11 is 3.12. The molecule has 22 heavy (non-hydrogen) atoms. The Kier molecular flexibility index (Phi) is 5.71. The lowest BCUT2D eigenvalue weighted by Gasteiger charge is -2.19. The van der Waals surface area contributed by atoms with Crippen LogP contribution < -0.4 is 10.5 Å². The monoisotopic (exact) mass is 392 g/mol. The number of nitrogens with one attached hydrogen (secondary N) is 1. The average molecular weight is 393 g/mol. The minimum atomic E-state index is -3.87. The quantitative estimate of drug-likeness (QED) is 0.644. The smallest absolute Gasteiger partial charge is 0.309 e. The molecular formula is C13H17BrN2O5S. The number of aliphatic carboxylic acids is 1. The van der Waals surface area contributed by atoms with Crippen molar-refractivity contribution in [2.24, 2.45) is 11.1 Å². The normalized spacial score (nSPS) is 12.1. The number of carbonyl (C=O) groups excluding carboxylic acids is 1. The number of primary amides is 1. The topological polar surface area (TPSA) is 127 Å². The first-order valence-corrected chi connectivity index (χ1v) is 8.57. The van der Waals surface area contributed by atoms with Gasteiger partial charge in [-0.05, 0) is 38.5 Å². The van der Waals surface area contributed by atoms with Crippen molar-refractivity contribution in [2.45, 2.75) is 25.2 Å². The van der Waals surface area contributed by atoms with Crippen molar-refractivity contribution in [1.29, 1.82) is 0 Å². The van der Waals surface area contributed by atoms with Gasteiger partial charge in [0.25, 0.3) is 0 Å². The fourth-order valence-electron chi connectivity index (χ4n) is 1.55. The van der Waals surface area contributed by atoms with E-state index in [0.29, 0.717) is 4.47 Å². The molecule has 122 valence electrons. The Bertz CT molecular complexity index is 700. The summed E-state index contributed by atoms with van der Waals surface area (Å²) in [6.07, 6.45) is 0.123. The van der Waals surface area contributed by atoms with Gasteiger partial charge in [0.15, 0.2) is 0 Å². The maximum Gasteiger partial charge on any atom is 0.309 e. The van der Waals surface area contributed by atoms with Gasteiger partial charge in [-0.25, -0.2) is 13.1 Å². The molecule has 4 N–H and O–H groups in total. The van der Waals surface area contributed by atoms with Crippen LogP contribution in [0.15, 0.2) is 27.6 Å². The molecule has 0 aliphatic rings. The van der Waals surface area contributed by atoms with Crippen LogP contribution in [0.4, 0.5) is 0 Å². The van der Waals surface area contributed by atoms with Gasteiger partial charge in [-0.2, -0.15) is 0 Å². The highest BCUT2D eigenvalue weighted by atomic mass is 79.9. The number of hydrogen-bond donors (Lipinski definition) is 3. The van der Waals surface area contributed by atoms with Crippen molar-refractivity contribution in [1.82, 2.24) is 4.72 Å². The fourth-order valence-corrected chi connectivity index (χ4v) is 3.29. The summed E-state index contributed by atoms with van der Waals surface area (Å²) < 4.78 is 27.1. The fraction of sp³-hybridized carbons (Fsp3) is 0.385. The summed E-state index contributed by atoms with van der Waals surface area (Å²) in [7, 11) is -3.87. The zero-order chi connectivity index (χ0) is 17.1. The molecule has 0 radical (unpaired) electrons. The van der Waals surface area contributed by atoms with Gasteiger partial charge in [-0.1, -0.05) is 15.9 Å². The molecule has 0 atom stereocenters. The molecule has 0 fully saturated rings. The van der Waals surface area contributed by atoms with E-state index in [9.17, 15) is 18.0 Å². The lowest BCUT2D eigenvalue weighted by molar-refractivity contribution is -0.147. The third-order valence-electron chi connectivity index (χ3n) is 3.09. The summed E-state index contributed by atoms with van der Waals surface area (Å²) in [5, 5.41) is 8.99. The van der Waals surface area contributed by atoms with Crippen molar-refractivity contribution in [3.8, 4) is 0 Å². The first-order chi connectivity index (χ1) is 9.95. The van der Waals surface area contributed by atoms with E-state index >= 15 is 0 Å². The van der Waals surface area contributed by atoms with Crippen LogP contribution in [0.3, 0.4) is 0 Å². The van der Waals surface area contributed by atoms with Crippen LogP contribution in [0.5, 0.6) is 0 Å². The highest BCUT2D eigenvalue weighted by Gasteiger charge is 2.27. The SMILES string of the molecule is CC(C)(CCNS(=O)(=O)c1cc(Br)cc(C(N)=O)c1)C(=O)O. The maximum atomic E-state index is 12.2. The van der Waals surface area contributed by atoms with Crippen LogP contribution in [0, 0.1) is 5.41 Å². The van der Waals surface area contributed by atoms with Gasteiger partial charge in [-0.15, -0.1) is 0 Å². The second kappa shape index (κ2) is 6.76. The van der Waals surface area contributed by atoms with Crippen LogP contribution in [0.25, 0.3) is 0 Å². The van der Waals surface area contributed by atoms with Gasteiger partial charge in [-0.3, -0.25) is 9.59 Å². The Balaban J connectivity index is 2.92. The molecule has 0 unspecified atom stereocenters. The Hall–Kier alpha value is -1.45. The van der Waals surface area contributed by atoms with Crippen LogP contribution in [-0.4, -0.2) is 31.9 Å². The standard InChI is InChI=1S/C13H17BrN2O5S/c1-13(2,12(18)19)3-4-16-22(20,21)10-6-8(11(15)17)5-9(14)7-10/h5-7,16H,3-4H2,1-2H3,(H2,15,17)(H,18,19). The molecule has 1 amide bonds. The van der Waals surface area contributed by atoms with Gasteiger partial charge in [0.05, 0.1) is 10.3 Å². The number of amides is 1. The van der Waals surface area contributed by atoms with Crippen molar-refractivity contribution >= 4 is 37.8 Å². The van der Waals surface area contributed by atoms with Gasteiger partial charge in [0.1, 0.15) is 0 Å². The Morgan fingerprint density at radius 3 is 2.41 bits per heavy atom. The first kappa shape index (κ1) is 18.6. The molecule has 1 rings (SSSR count). The average Bonchev–Trinajstić information content (AvgIpc) is 2.37. The second-order valence-corrected chi connectivity index (χ2v) is 8.06. The Labute approximate surface area is 137 Å². The lowest BCUT2D eigenvalue weighted by atomic mass is 9.90. The van der Waals surface area contributed by atoms with E-state index in [1.165, 1.54) is 26.0 Å². The van der Waals surface area contributed by atoms with Crippen molar-refractivity contribution < 1.29 is 23.1 Å². The second-order valence-electron chi connectivity index (χ2n) is 5.38. The molecule has 0 spiro atoms. The summed E-state index contributed by atoms with van der Waals surface area (Å²) in [6.45, 7) is 2.97. The zero-order valence-corrected chi connectivity index (χ0v) is 14.5. The van der Waals surface area contributed by atoms with Gasteiger partial charge >= 0.3 is 5.97 Å². The van der Waals surface area contributed by atoms with E-state index in [-0.39, 0.29) is 23.4 Å². The van der Waals surface area contributed by atoms with Gasteiger partial charge in [0, 0.05) is 16.6 Å². The van der Waals surface area contributed by atoms with E-state index in [1.807, 2.05) is 0 Å². The number of rotatable bonds is 7. The summed E-state index contributed by atoms with van der Waals surface area (Å²) in [5.41, 5.74) is 4.16. The zero-order valence-electron chi connectivity index (χ0n) is 12.1. The number of benzene rings is 1. The van der Waals surface area contributed by atoms with E-state index in [2.05, 4.69) is 20.7 Å². The third kappa shape index (κ3) is 4.79. The highest BCUT2D eigenvalue weighted by Crippen LogP contribution is 2.22. The van der Waals surface area contributed by atoms with Crippen molar-refractivity contribution in [3.05, 3.63) is 28.2 Å². The number of hydrogen-bond acceptors (Lipinski definition) is 4. The number of carbonyl (C=O) groups is 2. The number of carboxylic acids is 1. The lowest BCUT2D eigenvalue weighted by Crippen LogP contribution is -2.32. The first-order valence-electron chi connectivity index (χ1n) is 6.29. The van der Waals surface area contributed by atoms with Crippen LogP contribution in [0.1, 0.15) is 30.6 Å². The van der Waals surface area contributed by atoms with Crippen LogP contribution in [0.2, 0.25) is 0 Å².